The van der Waals surface area contributed by atoms with E-state index in [0.717, 1.165) is 26.6 Å². The van der Waals surface area contributed by atoms with Crippen molar-refractivity contribution in [3.63, 3.8) is 0 Å². The first-order chi connectivity index (χ1) is 15.5. The van der Waals surface area contributed by atoms with Gasteiger partial charge < -0.3 is 5.32 Å². The van der Waals surface area contributed by atoms with Crippen LogP contribution in [-0.2, 0) is 14.8 Å². The molecule has 1 amide bonds. The van der Waals surface area contributed by atoms with Crippen molar-refractivity contribution in [3.05, 3.63) is 93.5 Å². The number of rotatable bonds is 7. The number of sulfonamides is 1. The van der Waals surface area contributed by atoms with Gasteiger partial charge in [0.25, 0.3) is 10.0 Å². The first kappa shape index (κ1) is 24.8. The van der Waals surface area contributed by atoms with Crippen LogP contribution in [0.3, 0.4) is 0 Å². The van der Waals surface area contributed by atoms with Crippen LogP contribution in [0, 0.1) is 27.7 Å². The third-order valence-electron chi connectivity index (χ3n) is 5.79. The van der Waals surface area contributed by atoms with Gasteiger partial charge in [0.2, 0.25) is 5.91 Å². The second kappa shape index (κ2) is 9.98. The monoisotopic (exact) mass is 484 g/mol. The quantitative estimate of drug-likeness (QED) is 0.471. The van der Waals surface area contributed by atoms with Crippen LogP contribution < -0.4 is 9.62 Å². The molecule has 174 valence electrons. The van der Waals surface area contributed by atoms with Crippen LogP contribution in [0.2, 0.25) is 5.02 Å². The molecule has 1 N–H and O–H groups in total. The van der Waals surface area contributed by atoms with Gasteiger partial charge in [-0.2, -0.15) is 0 Å². The van der Waals surface area contributed by atoms with Gasteiger partial charge in [0.15, 0.2) is 0 Å². The van der Waals surface area contributed by atoms with E-state index in [0.29, 0.717) is 10.7 Å². The van der Waals surface area contributed by atoms with Crippen molar-refractivity contribution in [3.8, 4) is 0 Å². The number of halogens is 1. The van der Waals surface area contributed by atoms with Gasteiger partial charge >= 0.3 is 0 Å². The van der Waals surface area contributed by atoms with E-state index < -0.39 is 15.9 Å². The maximum absolute atomic E-state index is 13.5. The van der Waals surface area contributed by atoms with Crippen molar-refractivity contribution in [2.24, 2.45) is 0 Å². The predicted molar refractivity (Wildman–Crippen MR) is 134 cm³/mol. The topological polar surface area (TPSA) is 66.5 Å². The molecule has 0 aliphatic rings. The molecule has 0 heterocycles. The SMILES string of the molecule is Cc1cc(C)c(C(C)NC(=O)CN(c2ccc(C)c(Cl)c2)S(=O)(=O)c2ccccc2)cc1C. The molecule has 0 saturated heterocycles. The maximum atomic E-state index is 13.5. The molecule has 1 unspecified atom stereocenters. The summed E-state index contributed by atoms with van der Waals surface area (Å²) in [4.78, 5) is 13.2. The van der Waals surface area contributed by atoms with Crippen molar-refractivity contribution in [2.75, 3.05) is 10.8 Å². The molecule has 0 fully saturated rings. The molecule has 0 aliphatic carbocycles. The van der Waals surface area contributed by atoms with E-state index in [2.05, 4.69) is 17.4 Å². The number of anilines is 1. The molecule has 0 saturated carbocycles. The average Bonchev–Trinajstić information content (AvgIpc) is 2.77. The summed E-state index contributed by atoms with van der Waals surface area (Å²) in [6, 6.07) is 16.9. The van der Waals surface area contributed by atoms with E-state index in [1.165, 1.54) is 17.7 Å². The summed E-state index contributed by atoms with van der Waals surface area (Å²) in [6.07, 6.45) is 0. The zero-order chi connectivity index (χ0) is 24.3. The van der Waals surface area contributed by atoms with Gasteiger partial charge in [-0.15, -0.1) is 0 Å². The van der Waals surface area contributed by atoms with E-state index in [4.69, 9.17) is 11.6 Å². The summed E-state index contributed by atoms with van der Waals surface area (Å²) in [5, 5.41) is 3.39. The molecule has 7 heteroatoms. The third-order valence-corrected chi connectivity index (χ3v) is 7.98. The molecule has 0 spiro atoms. The van der Waals surface area contributed by atoms with E-state index in [9.17, 15) is 13.2 Å². The Kier molecular flexibility index (Phi) is 7.50. The summed E-state index contributed by atoms with van der Waals surface area (Å²) in [7, 11) is -3.99. The van der Waals surface area contributed by atoms with Gasteiger partial charge in [0.05, 0.1) is 16.6 Å². The van der Waals surface area contributed by atoms with Gasteiger partial charge in [-0.3, -0.25) is 9.10 Å². The minimum absolute atomic E-state index is 0.104. The average molecular weight is 485 g/mol. The Balaban J connectivity index is 1.92. The first-order valence-corrected chi connectivity index (χ1v) is 12.5. The lowest BCUT2D eigenvalue weighted by atomic mass is 9.96. The highest BCUT2D eigenvalue weighted by atomic mass is 35.5. The normalized spacial score (nSPS) is 12.3. The number of carbonyl (C=O) groups is 1. The molecule has 0 aromatic heterocycles. The highest BCUT2D eigenvalue weighted by molar-refractivity contribution is 7.92. The van der Waals surface area contributed by atoms with Crippen LogP contribution in [0.5, 0.6) is 0 Å². The molecule has 3 aromatic rings. The van der Waals surface area contributed by atoms with Crippen LogP contribution in [-0.4, -0.2) is 20.9 Å². The van der Waals surface area contributed by atoms with Crippen molar-refractivity contribution in [1.82, 2.24) is 5.32 Å². The van der Waals surface area contributed by atoms with Crippen molar-refractivity contribution in [1.29, 1.82) is 0 Å². The minimum atomic E-state index is -3.99. The van der Waals surface area contributed by atoms with Crippen LogP contribution in [0.15, 0.2) is 65.6 Å². The van der Waals surface area contributed by atoms with Crippen molar-refractivity contribution in [2.45, 2.75) is 45.6 Å². The van der Waals surface area contributed by atoms with Gasteiger partial charge in [-0.05, 0) is 86.7 Å². The number of hydrogen-bond acceptors (Lipinski definition) is 3. The Hall–Kier alpha value is -2.83. The number of hydrogen-bond donors (Lipinski definition) is 1. The molecular weight excluding hydrogens is 456 g/mol. The molecular formula is C26H29ClN2O3S. The Morgan fingerprint density at radius 2 is 1.55 bits per heavy atom. The largest absolute Gasteiger partial charge is 0.348 e. The van der Waals surface area contributed by atoms with Gasteiger partial charge in [0.1, 0.15) is 6.54 Å². The summed E-state index contributed by atoms with van der Waals surface area (Å²) in [5.74, 6) is -0.406. The second-order valence-electron chi connectivity index (χ2n) is 8.34. The molecule has 33 heavy (non-hydrogen) atoms. The van der Waals surface area contributed by atoms with Crippen LogP contribution in [0.1, 0.15) is 40.8 Å². The van der Waals surface area contributed by atoms with Gasteiger partial charge in [-0.1, -0.05) is 48.0 Å². The summed E-state index contributed by atoms with van der Waals surface area (Å²) in [6.45, 7) is 9.45. The Bertz CT molecular complexity index is 1270. The number of aryl methyl sites for hydroxylation is 4. The minimum Gasteiger partial charge on any atom is -0.348 e. The first-order valence-electron chi connectivity index (χ1n) is 10.7. The maximum Gasteiger partial charge on any atom is 0.264 e. The predicted octanol–water partition coefficient (Wildman–Crippen LogP) is 5.65. The lowest BCUT2D eigenvalue weighted by Gasteiger charge is -2.26. The Morgan fingerprint density at radius 3 is 2.18 bits per heavy atom. The van der Waals surface area contributed by atoms with E-state index in [1.54, 1.807) is 36.4 Å². The molecule has 0 aliphatic heterocycles. The van der Waals surface area contributed by atoms with E-state index in [-0.39, 0.29) is 17.5 Å². The fourth-order valence-electron chi connectivity index (χ4n) is 3.72. The molecule has 0 radical (unpaired) electrons. The highest BCUT2D eigenvalue weighted by Gasteiger charge is 2.28. The van der Waals surface area contributed by atoms with E-state index in [1.807, 2.05) is 34.6 Å². The smallest absolute Gasteiger partial charge is 0.264 e. The van der Waals surface area contributed by atoms with Crippen LogP contribution in [0.25, 0.3) is 0 Å². The summed E-state index contributed by atoms with van der Waals surface area (Å²) >= 11 is 6.28. The summed E-state index contributed by atoms with van der Waals surface area (Å²) in [5.41, 5.74) is 5.55. The number of carbonyl (C=O) groups excluding carboxylic acids is 1. The van der Waals surface area contributed by atoms with Crippen molar-refractivity contribution < 1.29 is 13.2 Å². The van der Waals surface area contributed by atoms with Gasteiger partial charge in [0, 0.05) is 5.02 Å². The van der Waals surface area contributed by atoms with Crippen LogP contribution in [0.4, 0.5) is 5.69 Å². The Morgan fingerprint density at radius 1 is 0.909 bits per heavy atom. The lowest BCUT2D eigenvalue weighted by Crippen LogP contribution is -2.41. The third kappa shape index (κ3) is 5.57. The number of nitrogens with zero attached hydrogens (tertiary/aromatic N) is 1. The molecule has 3 aromatic carbocycles. The standard InChI is InChI=1S/C26H29ClN2O3S/c1-17-11-12-22(15-25(17)27)29(33(31,32)23-9-7-6-8-10-23)16-26(30)28-21(5)24-14-19(3)18(2)13-20(24)4/h6-15,21H,16H2,1-5H3,(H,28,30). The summed E-state index contributed by atoms with van der Waals surface area (Å²) < 4.78 is 28.0. The molecule has 1 atom stereocenters. The zero-order valence-corrected chi connectivity index (χ0v) is 21.1. The van der Waals surface area contributed by atoms with E-state index >= 15 is 0 Å². The van der Waals surface area contributed by atoms with Crippen LogP contribution >= 0.6 is 11.6 Å². The lowest BCUT2D eigenvalue weighted by molar-refractivity contribution is -0.120. The Labute approximate surface area is 201 Å². The fourth-order valence-corrected chi connectivity index (χ4v) is 5.32. The highest BCUT2D eigenvalue weighted by Crippen LogP contribution is 2.28. The fraction of sp³-hybridized carbons (Fsp3) is 0.269. The molecule has 5 nitrogen and oxygen atoms in total. The van der Waals surface area contributed by atoms with Gasteiger partial charge in [-0.25, -0.2) is 8.42 Å². The second-order valence-corrected chi connectivity index (χ2v) is 10.6. The molecule has 3 rings (SSSR count). The zero-order valence-electron chi connectivity index (χ0n) is 19.5. The number of benzene rings is 3. The molecule has 0 bridgehead atoms. The number of amides is 1. The van der Waals surface area contributed by atoms with Crippen molar-refractivity contribution >= 4 is 33.2 Å². The number of nitrogens with one attached hydrogen (secondary N) is 1.